The van der Waals surface area contributed by atoms with E-state index in [1.807, 2.05) is 29.6 Å². The fourth-order valence-corrected chi connectivity index (χ4v) is 4.41. The number of amides is 3. The summed E-state index contributed by atoms with van der Waals surface area (Å²) in [4.78, 5) is 39.9. The lowest BCUT2D eigenvalue weighted by atomic mass is 9.95. The first-order valence-electron chi connectivity index (χ1n) is 11.0. The summed E-state index contributed by atoms with van der Waals surface area (Å²) in [6, 6.07) is 11.4. The molecule has 1 aliphatic rings. The van der Waals surface area contributed by atoms with Gasteiger partial charge in [0.2, 0.25) is 11.8 Å². The summed E-state index contributed by atoms with van der Waals surface area (Å²) in [5.74, 6) is -0.401. The smallest absolute Gasteiger partial charge is 0.261 e. The highest BCUT2D eigenvalue weighted by atomic mass is 32.1. The van der Waals surface area contributed by atoms with Gasteiger partial charge in [-0.1, -0.05) is 51.3 Å². The minimum atomic E-state index is -0.319. The molecule has 0 radical (unpaired) electrons. The molecule has 0 spiro atoms. The summed E-state index contributed by atoms with van der Waals surface area (Å²) in [6.45, 7) is 3.98. The van der Waals surface area contributed by atoms with Crippen LogP contribution in [0.1, 0.15) is 67.1 Å². The summed E-state index contributed by atoms with van der Waals surface area (Å²) in [5.41, 5.74) is 1.81. The van der Waals surface area contributed by atoms with E-state index in [0.717, 1.165) is 31.2 Å². The molecule has 0 saturated heterocycles. The molecule has 0 unspecified atom stereocenters. The number of nitrogens with one attached hydrogen (secondary N) is 2. The van der Waals surface area contributed by atoms with Crippen LogP contribution < -0.4 is 15.5 Å². The Kier molecular flexibility index (Phi) is 8.23. The third kappa shape index (κ3) is 6.66. The van der Waals surface area contributed by atoms with Gasteiger partial charge in [-0.05, 0) is 47.9 Å². The molecule has 3 rings (SSSR count). The topological polar surface area (TPSA) is 78.5 Å². The Hall–Kier alpha value is -2.67. The zero-order valence-corrected chi connectivity index (χ0v) is 19.0. The van der Waals surface area contributed by atoms with Crippen molar-refractivity contribution in [2.45, 2.75) is 57.9 Å². The van der Waals surface area contributed by atoms with Crippen LogP contribution in [0.3, 0.4) is 0 Å². The van der Waals surface area contributed by atoms with E-state index in [9.17, 15) is 14.4 Å². The number of nitrogens with zero attached hydrogens (tertiary/aromatic N) is 1. The molecule has 31 heavy (non-hydrogen) atoms. The SMILES string of the molecule is CC(C)c1ccc(N(CC(=O)NC2CCCCC2)C(=O)CNC(=O)c2cccs2)cc1. The minimum absolute atomic E-state index is 0.0643. The van der Waals surface area contributed by atoms with Crippen molar-refractivity contribution in [3.05, 3.63) is 52.2 Å². The summed E-state index contributed by atoms with van der Waals surface area (Å²) in [5, 5.41) is 7.55. The van der Waals surface area contributed by atoms with E-state index in [4.69, 9.17) is 0 Å². The van der Waals surface area contributed by atoms with E-state index in [2.05, 4.69) is 24.5 Å². The zero-order chi connectivity index (χ0) is 22.2. The number of hydrogen-bond acceptors (Lipinski definition) is 4. The van der Waals surface area contributed by atoms with Gasteiger partial charge in [-0.2, -0.15) is 0 Å². The monoisotopic (exact) mass is 441 g/mol. The van der Waals surface area contributed by atoms with Gasteiger partial charge in [0, 0.05) is 11.7 Å². The summed E-state index contributed by atoms with van der Waals surface area (Å²) < 4.78 is 0. The van der Waals surface area contributed by atoms with Crippen molar-refractivity contribution in [2.24, 2.45) is 0 Å². The van der Waals surface area contributed by atoms with Gasteiger partial charge >= 0.3 is 0 Å². The lowest BCUT2D eigenvalue weighted by molar-refractivity contribution is -0.124. The van der Waals surface area contributed by atoms with Crippen molar-refractivity contribution >= 4 is 34.7 Å². The number of anilines is 1. The van der Waals surface area contributed by atoms with Crippen molar-refractivity contribution in [2.75, 3.05) is 18.0 Å². The molecule has 1 heterocycles. The molecule has 2 N–H and O–H groups in total. The predicted octanol–water partition coefficient (Wildman–Crippen LogP) is 4.08. The van der Waals surface area contributed by atoms with Gasteiger partial charge < -0.3 is 15.5 Å². The maximum atomic E-state index is 13.0. The summed E-state index contributed by atoms with van der Waals surface area (Å²) in [7, 11) is 0. The second-order valence-corrected chi connectivity index (χ2v) is 9.24. The second-order valence-electron chi connectivity index (χ2n) is 8.29. The Labute approximate surface area is 188 Å². The van der Waals surface area contributed by atoms with Crippen LogP contribution in [0.5, 0.6) is 0 Å². The van der Waals surface area contributed by atoms with Gasteiger partial charge in [-0.15, -0.1) is 11.3 Å². The van der Waals surface area contributed by atoms with Crippen molar-refractivity contribution in [1.82, 2.24) is 10.6 Å². The van der Waals surface area contributed by atoms with E-state index in [1.165, 1.54) is 22.7 Å². The minimum Gasteiger partial charge on any atom is -0.352 e. The van der Waals surface area contributed by atoms with Crippen LogP contribution in [-0.4, -0.2) is 36.9 Å². The molecule has 7 heteroatoms. The number of hydrogen-bond donors (Lipinski definition) is 2. The molecule has 6 nitrogen and oxygen atoms in total. The Morgan fingerprint density at radius 1 is 1.06 bits per heavy atom. The van der Waals surface area contributed by atoms with E-state index < -0.39 is 0 Å². The van der Waals surface area contributed by atoms with E-state index >= 15 is 0 Å². The standard InChI is InChI=1S/C24H31N3O3S/c1-17(2)18-10-12-20(13-11-18)27(16-22(28)26-19-7-4-3-5-8-19)23(29)15-25-24(30)21-9-6-14-31-21/h6,9-14,17,19H,3-5,7-8,15-16H2,1-2H3,(H,25,30)(H,26,28). The fourth-order valence-electron chi connectivity index (χ4n) is 3.77. The Bertz CT molecular complexity index is 872. The van der Waals surface area contributed by atoms with Crippen molar-refractivity contribution in [3.63, 3.8) is 0 Å². The fraction of sp³-hybridized carbons (Fsp3) is 0.458. The van der Waals surface area contributed by atoms with E-state index in [1.54, 1.807) is 12.1 Å². The van der Waals surface area contributed by atoms with Crippen LogP contribution >= 0.6 is 11.3 Å². The number of thiophene rings is 1. The molecule has 1 aliphatic carbocycles. The summed E-state index contributed by atoms with van der Waals surface area (Å²) in [6.07, 6.45) is 5.43. The predicted molar refractivity (Wildman–Crippen MR) is 125 cm³/mol. The lowest BCUT2D eigenvalue weighted by Gasteiger charge is -2.26. The first kappa shape index (κ1) is 23.0. The Morgan fingerprint density at radius 3 is 2.39 bits per heavy atom. The molecule has 0 aliphatic heterocycles. The maximum Gasteiger partial charge on any atom is 0.261 e. The van der Waals surface area contributed by atoms with Crippen molar-refractivity contribution in [1.29, 1.82) is 0 Å². The third-order valence-corrected chi connectivity index (χ3v) is 6.46. The highest BCUT2D eigenvalue weighted by Gasteiger charge is 2.23. The van der Waals surface area contributed by atoms with Gasteiger partial charge in [-0.3, -0.25) is 14.4 Å². The average Bonchev–Trinajstić information content (AvgIpc) is 3.31. The molecule has 1 aromatic carbocycles. The van der Waals surface area contributed by atoms with Gasteiger partial charge in [-0.25, -0.2) is 0 Å². The second kappa shape index (κ2) is 11.1. The third-order valence-electron chi connectivity index (χ3n) is 5.59. The van der Waals surface area contributed by atoms with Gasteiger partial charge in [0.15, 0.2) is 0 Å². The first-order valence-corrected chi connectivity index (χ1v) is 11.8. The largest absolute Gasteiger partial charge is 0.352 e. The first-order chi connectivity index (χ1) is 14.9. The van der Waals surface area contributed by atoms with Gasteiger partial charge in [0.05, 0.1) is 11.4 Å². The molecular formula is C24H31N3O3S. The maximum absolute atomic E-state index is 13.0. The van der Waals surface area contributed by atoms with Crippen LogP contribution in [0.15, 0.2) is 41.8 Å². The number of benzene rings is 1. The van der Waals surface area contributed by atoms with Crippen LogP contribution in [0.4, 0.5) is 5.69 Å². The summed E-state index contributed by atoms with van der Waals surface area (Å²) >= 11 is 1.32. The average molecular weight is 442 g/mol. The Balaban J connectivity index is 1.68. The molecule has 1 aromatic heterocycles. The molecular weight excluding hydrogens is 410 g/mol. The molecule has 0 atom stereocenters. The molecule has 1 fully saturated rings. The normalized spacial score (nSPS) is 14.3. The zero-order valence-electron chi connectivity index (χ0n) is 18.2. The molecule has 166 valence electrons. The van der Waals surface area contributed by atoms with Gasteiger partial charge in [0.25, 0.3) is 5.91 Å². The van der Waals surface area contributed by atoms with Crippen LogP contribution in [0, 0.1) is 0 Å². The number of carbonyl (C=O) groups is 3. The highest BCUT2D eigenvalue weighted by molar-refractivity contribution is 7.12. The quantitative estimate of drug-likeness (QED) is 0.648. The molecule has 3 amide bonds. The molecule has 2 aromatic rings. The molecule has 0 bridgehead atoms. The van der Waals surface area contributed by atoms with Crippen molar-refractivity contribution in [3.8, 4) is 0 Å². The highest BCUT2D eigenvalue weighted by Crippen LogP contribution is 2.21. The van der Waals surface area contributed by atoms with Crippen molar-refractivity contribution < 1.29 is 14.4 Å². The lowest BCUT2D eigenvalue weighted by Crippen LogP contribution is -2.47. The molecule has 1 saturated carbocycles. The van der Waals surface area contributed by atoms with E-state index in [0.29, 0.717) is 16.5 Å². The van der Waals surface area contributed by atoms with Crippen LogP contribution in [0.25, 0.3) is 0 Å². The van der Waals surface area contributed by atoms with E-state index in [-0.39, 0.29) is 36.9 Å². The van der Waals surface area contributed by atoms with Crippen LogP contribution in [0.2, 0.25) is 0 Å². The Morgan fingerprint density at radius 2 is 1.77 bits per heavy atom. The van der Waals surface area contributed by atoms with Crippen LogP contribution in [-0.2, 0) is 9.59 Å². The number of carbonyl (C=O) groups excluding carboxylic acids is 3. The number of rotatable bonds is 8. The van der Waals surface area contributed by atoms with Gasteiger partial charge in [0.1, 0.15) is 6.54 Å².